The number of halogens is 1. The first-order valence-corrected chi connectivity index (χ1v) is 6.90. The minimum Gasteiger partial charge on any atom is -0.345 e. The van der Waals surface area contributed by atoms with E-state index in [1.807, 2.05) is 35.7 Å². The van der Waals surface area contributed by atoms with E-state index in [1.54, 1.807) is 0 Å². The third-order valence-electron chi connectivity index (χ3n) is 3.09. The van der Waals surface area contributed by atoms with Gasteiger partial charge < -0.3 is 9.47 Å². The molecule has 0 spiro atoms. The maximum Gasteiger partial charge on any atom is 0.270 e. The van der Waals surface area contributed by atoms with E-state index < -0.39 is 0 Å². The molecule has 1 atom stereocenters. The molecule has 0 aliphatic heterocycles. The minimum atomic E-state index is 0.112. The molecule has 3 nitrogen and oxygen atoms in total. The predicted molar refractivity (Wildman–Crippen MR) is 74.1 cm³/mol. The Morgan fingerprint density at radius 2 is 2.18 bits per heavy atom. The lowest BCUT2D eigenvalue weighted by Gasteiger charge is -2.24. The van der Waals surface area contributed by atoms with E-state index in [2.05, 4.69) is 29.8 Å². The number of aromatic nitrogens is 1. The summed E-state index contributed by atoms with van der Waals surface area (Å²) in [6.45, 7) is 7.94. The number of carbonyl (C=O) groups excluding carboxylic acids is 1. The highest BCUT2D eigenvalue weighted by Crippen LogP contribution is 2.16. The lowest BCUT2D eigenvalue weighted by Crippen LogP contribution is -2.35. The number of hydrogen-bond acceptors (Lipinski definition) is 1. The topological polar surface area (TPSA) is 25.2 Å². The second-order valence-electron chi connectivity index (χ2n) is 4.51. The average molecular weight is 301 g/mol. The maximum absolute atomic E-state index is 12.3. The number of rotatable bonds is 5. The van der Waals surface area contributed by atoms with Crippen molar-refractivity contribution in [2.75, 3.05) is 13.1 Å². The minimum absolute atomic E-state index is 0.112. The predicted octanol–water partition coefficient (Wildman–Crippen LogP) is 3.30. The molecule has 0 aliphatic rings. The molecule has 1 aromatic rings. The van der Waals surface area contributed by atoms with Gasteiger partial charge in [-0.05, 0) is 34.8 Å². The third kappa shape index (κ3) is 3.60. The van der Waals surface area contributed by atoms with Gasteiger partial charge in [0, 0.05) is 30.8 Å². The average Bonchev–Trinajstić information content (AvgIpc) is 2.64. The molecule has 0 aromatic carbocycles. The van der Waals surface area contributed by atoms with Gasteiger partial charge in [-0.25, -0.2) is 0 Å². The molecule has 0 radical (unpaired) electrons. The van der Waals surface area contributed by atoms with E-state index >= 15 is 0 Å². The summed E-state index contributed by atoms with van der Waals surface area (Å²) in [5.41, 5.74) is 0.738. The van der Waals surface area contributed by atoms with E-state index in [9.17, 15) is 4.79 Å². The van der Waals surface area contributed by atoms with E-state index in [4.69, 9.17) is 0 Å². The van der Waals surface area contributed by atoms with Crippen LogP contribution in [0.3, 0.4) is 0 Å². The number of carbonyl (C=O) groups is 1. The molecular weight excluding hydrogens is 280 g/mol. The van der Waals surface area contributed by atoms with Crippen LogP contribution >= 0.6 is 15.9 Å². The summed E-state index contributed by atoms with van der Waals surface area (Å²) in [4.78, 5) is 14.3. The van der Waals surface area contributed by atoms with E-state index in [-0.39, 0.29) is 5.91 Å². The van der Waals surface area contributed by atoms with Crippen molar-refractivity contribution in [2.24, 2.45) is 13.0 Å². The Bertz CT molecular complexity index is 387. The van der Waals surface area contributed by atoms with Gasteiger partial charge in [0.1, 0.15) is 5.69 Å². The quantitative estimate of drug-likeness (QED) is 0.819. The van der Waals surface area contributed by atoms with E-state index in [1.165, 1.54) is 0 Å². The lowest BCUT2D eigenvalue weighted by molar-refractivity contribution is 0.0731. The van der Waals surface area contributed by atoms with Crippen molar-refractivity contribution in [3.63, 3.8) is 0 Å². The van der Waals surface area contributed by atoms with Gasteiger partial charge in [0.15, 0.2) is 0 Å². The highest BCUT2D eigenvalue weighted by Gasteiger charge is 2.19. The van der Waals surface area contributed by atoms with Crippen LogP contribution in [-0.4, -0.2) is 28.5 Å². The van der Waals surface area contributed by atoms with Gasteiger partial charge in [0.25, 0.3) is 5.91 Å². The summed E-state index contributed by atoms with van der Waals surface area (Å²) in [5.74, 6) is 0.656. The molecule has 0 N–H and O–H groups in total. The van der Waals surface area contributed by atoms with Crippen LogP contribution in [0.5, 0.6) is 0 Å². The zero-order valence-corrected chi connectivity index (χ0v) is 12.6. The lowest BCUT2D eigenvalue weighted by atomic mass is 10.1. The number of aryl methyl sites for hydroxylation is 1. The van der Waals surface area contributed by atoms with Crippen LogP contribution in [0.4, 0.5) is 0 Å². The fourth-order valence-corrected chi connectivity index (χ4v) is 2.28. The standard InChI is InChI=1S/C13H21BrN2O/c1-5-10(3)8-16(6-2)13(17)12-7-11(14)9-15(12)4/h7,9-10H,5-6,8H2,1-4H3. The molecule has 17 heavy (non-hydrogen) atoms. The van der Waals surface area contributed by atoms with Crippen molar-refractivity contribution >= 4 is 21.8 Å². The smallest absolute Gasteiger partial charge is 0.270 e. The van der Waals surface area contributed by atoms with Gasteiger partial charge in [-0.1, -0.05) is 20.3 Å². The first-order valence-electron chi connectivity index (χ1n) is 6.10. The Morgan fingerprint density at radius 1 is 1.53 bits per heavy atom. The Balaban J connectivity index is 2.82. The highest BCUT2D eigenvalue weighted by atomic mass is 79.9. The monoisotopic (exact) mass is 300 g/mol. The van der Waals surface area contributed by atoms with Crippen LogP contribution in [0, 0.1) is 5.92 Å². The van der Waals surface area contributed by atoms with Crippen LogP contribution in [0.2, 0.25) is 0 Å². The van der Waals surface area contributed by atoms with Crippen LogP contribution < -0.4 is 0 Å². The summed E-state index contributed by atoms with van der Waals surface area (Å²) in [6, 6.07) is 1.88. The first kappa shape index (κ1) is 14.3. The zero-order valence-electron chi connectivity index (χ0n) is 11.0. The molecule has 1 unspecified atom stereocenters. The third-order valence-corrected chi connectivity index (χ3v) is 3.52. The second-order valence-corrected chi connectivity index (χ2v) is 5.43. The molecule has 0 aliphatic carbocycles. The molecule has 0 saturated carbocycles. The molecular formula is C13H21BrN2O. The van der Waals surface area contributed by atoms with Crippen molar-refractivity contribution in [3.8, 4) is 0 Å². The van der Waals surface area contributed by atoms with Gasteiger partial charge >= 0.3 is 0 Å². The normalized spacial score (nSPS) is 12.5. The second kappa shape index (κ2) is 6.24. The van der Waals surface area contributed by atoms with Crippen molar-refractivity contribution < 1.29 is 4.79 Å². The molecule has 1 aromatic heterocycles. The summed E-state index contributed by atoms with van der Waals surface area (Å²) >= 11 is 3.40. The van der Waals surface area contributed by atoms with Crippen molar-refractivity contribution in [3.05, 3.63) is 22.4 Å². The van der Waals surface area contributed by atoms with Gasteiger partial charge in [-0.2, -0.15) is 0 Å². The van der Waals surface area contributed by atoms with Crippen molar-refractivity contribution in [2.45, 2.75) is 27.2 Å². The molecule has 0 bridgehead atoms. The molecule has 0 saturated heterocycles. The molecule has 1 rings (SSSR count). The van der Waals surface area contributed by atoms with Gasteiger partial charge in [0.05, 0.1) is 0 Å². The van der Waals surface area contributed by atoms with Gasteiger partial charge in [-0.3, -0.25) is 4.79 Å². The summed E-state index contributed by atoms with van der Waals surface area (Å²) in [5, 5.41) is 0. The van der Waals surface area contributed by atoms with Crippen LogP contribution in [0.15, 0.2) is 16.7 Å². The highest BCUT2D eigenvalue weighted by molar-refractivity contribution is 9.10. The molecule has 0 fully saturated rings. The van der Waals surface area contributed by atoms with Gasteiger partial charge in [0.2, 0.25) is 0 Å². The largest absolute Gasteiger partial charge is 0.345 e. The molecule has 96 valence electrons. The maximum atomic E-state index is 12.3. The molecule has 4 heteroatoms. The number of amides is 1. The first-order chi connectivity index (χ1) is 7.99. The summed E-state index contributed by atoms with van der Waals surface area (Å²) in [6.07, 6.45) is 3.00. The molecule has 1 amide bonds. The number of hydrogen-bond donors (Lipinski definition) is 0. The fraction of sp³-hybridized carbons (Fsp3) is 0.615. The van der Waals surface area contributed by atoms with Crippen LogP contribution in [-0.2, 0) is 7.05 Å². The Hall–Kier alpha value is -0.770. The zero-order chi connectivity index (χ0) is 13.0. The van der Waals surface area contributed by atoms with E-state index in [0.29, 0.717) is 5.92 Å². The number of nitrogens with zero attached hydrogens (tertiary/aromatic N) is 2. The summed E-state index contributed by atoms with van der Waals surface area (Å²) in [7, 11) is 1.90. The van der Waals surface area contributed by atoms with Crippen LogP contribution in [0.1, 0.15) is 37.7 Å². The van der Waals surface area contributed by atoms with E-state index in [0.717, 1.165) is 29.7 Å². The summed E-state index contributed by atoms with van der Waals surface area (Å²) < 4.78 is 2.81. The fourth-order valence-electron chi connectivity index (χ4n) is 1.76. The molecule has 1 heterocycles. The Morgan fingerprint density at radius 3 is 2.59 bits per heavy atom. The Labute approximate surface area is 112 Å². The Kier molecular flexibility index (Phi) is 5.25. The van der Waals surface area contributed by atoms with Gasteiger partial charge in [-0.15, -0.1) is 0 Å². The van der Waals surface area contributed by atoms with Crippen molar-refractivity contribution in [1.29, 1.82) is 0 Å². The SMILES string of the molecule is CCC(C)CN(CC)C(=O)c1cc(Br)cn1C. The van der Waals surface area contributed by atoms with Crippen molar-refractivity contribution in [1.82, 2.24) is 9.47 Å². The van der Waals surface area contributed by atoms with Crippen LogP contribution in [0.25, 0.3) is 0 Å².